The fourth-order valence-corrected chi connectivity index (χ4v) is 0.762. The summed E-state index contributed by atoms with van der Waals surface area (Å²) >= 11 is 0. The van der Waals surface area contributed by atoms with Crippen molar-refractivity contribution in [3.63, 3.8) is 0 Å². The average molecular weight is 142 g/mol. The van der Waals surface area contributed by atoms with E-state index in [-0.39, 0.29) is 0 Å². The number of nitrogens with two attached hydrogens (primary N) is 1. The maximum atomic E-state index is 5.48. The van der Waals surface area contributed by atoms with Gasteiger partial charge in [-0.25, -0.2) is 0 Å². The Morgan fingerprint density at radius 3 is 2.50 bits per heavy atom. The number of likely N-dealkylation sites (N-methyl/N-ethyl adjacent to an activating group) is 1. The van der Waals surface area contributed by atoms with Crippen molar-refractivity contribution >= 4 is 0 Å². The van der Waals surface area contributed by atoms with Crippen LogP contribution in [0.1, 0.15) is 13.8 Å². The van der Waals surface area contributed by atoms with Crippen LogP contribution in [0.25, 0.3) is 0 Å². The summed E-state index contributed by atoms with van der Waals surface area (Å²) < 4.78 is 0. The molecule has 0 aliphatic heterocycles. The van der Waals surface area contributed by atoms with Gasteiger partial charge in [0, 0.05) is 19.1 Å². The van der Waals surface area contributed by atoms with Gasteiger partial charge in [-0.05, 0) is 20.9 Å². The highest BCUT2D eigenvalue weighted by Gasteiger charge is 2.05. The van der Waals surface area contributed by atoms with Crippen molar-refractivity contribution in [2.75, 3.05) is 20.1 Å². The highest BCUT2D eigenvalue weighted by Crippen LogP contribution is 1.96. The van der Waals surface area contributed by atoms with Gasteiger partial charge in [0.25, 0.3) is 0 Å². The molecule has 0 bridgehead atoms. The molecular formula is C8H18N2. The monoisotopic (exact) mass is 142 g/mol. The largest absolute Gasteiger partial charge is 0.329 e. The summed E-state index contributed by atoms with van der Waals surface area (Å²) in [5.41, 5.74) is 6.66. The Morgan fingerprint density at radius 1 is 1.70 bits per heavy atom. The van der Waals surface area contributed by atoms with Crippen LogP contribution in [0.4, 0.5) is 0 Å². The molecule has 0 saturated carbocycles. The quantitative estimate of drug-likeness (QED) is 0.589. The van der Waals surface area contributed by atoms with E-state index in [2.05, 4.69) is 25.5 Å². The van der Waals surface area contributed by atoms with Crippen LogP contribution in [0.3, 0.4) is 0 Å². The SMILES string of the molecule is C=C(C)CN(C)C(C)CN. The summed E-state index contributed by atoms with van der Waals surface area (Å²) in [5, 5.41) is 0. The average Bonchev–Trinajstić information content (AvgIpc) is 1.85. The van der Waals surface area contributed by atoms with Crippen molar-refractivity contribution in [1.82, 2.24) is 4.90 Å². The molecule has 1 unspecified atom stereocenters. The minimum Gasteiger partial charge on any atom is -0.329 e. The van der Waals surface area contributed by atoms with E-state index < -0.39 is 0 Å². The molecule has 2 N–H and O–H groups in total. The topological polar surface area (TPSA) is 29.3 Å². The van der Waals surface area contributed by atoms with Crippen LogP contribution < -0.4 is 5.73 Å². The fraction of sp³-hybridized carbons (Fsp3) is 0.750. The molecule has 60 valence electrons. The number of hydrogen-bond acceptors (Lipinski definition) is 2. The van der Waals surface area contributed by atoms with Crippen LogP contribution >= 0.6 is 0 Å². The zero-order chi connectivity index (χ0) is 8.15. The lowest BCUT2D eigenvalue weighted by Gasteiger charge is -2.22. The first-order chi connectivity index (χ1) is 4.57. The standard InChI is InChI=1S/C8H18N2/c1-7(2)6-10(4)8(3)5-9/h8H,1,5-6,9H2,2-4H3. The van der Waals surface area contributed by atoms with Gasteiger partial charge in [0.1, 0.15) is 0 Å². The van der Waals surface area contributed by atoms with Gasteiger partial charge in [0.05, 0.1) is 0 Å². The smallest absolute Gasteiger partial charge is 0.0190 e. The number of nitrogens with zero attached hydrogens (tertiary/aromatic N) is 1. The van der Waals surface area contributed by atoms with E-state index in [0.717, 1.165) is 6.54 Å². The van der Waals surface area contributed by atoms with Crippen LogP contribution in [0.5, 0.6) is 0 Å². The fourth-order valence-electron chi connectivity index (χ4n) is 0.762. The summed E-state index contributed by atoms with van der Waals surface area (Å²) in [6, 6.07) is 0.455. The molecule has 2 nitrogen and oxygen atoms in total. The van der Waals surface area contributed by atoms with Crippen LogP contribution in [0.15, 0.2) is 12.2 Å². The lowest BCUT2D eigenvalue weighted by Crippen LogP contribution is -2.36. The second-order valence-corrected chi connectivity index (χ2v) is 2.96. The predicted octanol–water partition coefficient (Wildman–Crippen LogP) is 0.841. The van der Waals surface area contributed by atoms with Crippen molar-refractivity contribution in [1.29, 1.82) is 0 Å². The molecule has 0 aliphatic carbocycles. The van der Waals surface area contributed by atoms with Crippen molar-refractivity contribution in [3.8, 4) is 0 Å². The minimum atomic E-state index is 0.455. The Kier molecular flexibility index (Phi) is 4.32. The van der Waals surface area contributed by atoms with Gasteiger partial charge in [-0.2, -0.15) is 0 Å². The lowest BCUT2D eigenvalue weighted by molar-refractivity contribution is 0.284. The molecule has 0 spiro atoms. The molecule has 0 rings (SSSR count). The molecule has 1 atom stereocenters. The molecule has 0 amide bonds. The zero-order valence-corrected chi connectivity index (χ0v) is 7.22. The van der Waals surface area contributed by atoms with E-state index in [1.807, 2.05) is 6.92 Å². The Hall–Kier alpha value is -0.340. The Bertz CT molecular complexity index is 110. The van der Waals surface area contributed by atoms with E-state index in [9.17, 15) is 0 Å². The Morgan fingerprint density at radius 2 is 2.20 bits per heavy atom. The summed E-state index contributed by atoms with van der Waals surface area (Å²) in [6.45, 7) is 9.63. The van der Waals surface area contributed by atoms with E-state index in [1.54, 1.807) is 0 Å². The molecule has 0 saturated heterocycles. The molecule has 2 heteroatoms. The second-order valence-electron chi connectivity index (χ2n) is 2.96. The molecule has 0 aliphatic rings. The van der Waals surface area contributed by atoms with Crippen molar-refractivity contribution in [2.45, 2.75) is 19.9 Å². The van der Waals surface area contributed by atoms with Crippen LogP contribution in [-0.2, 0) is 0 Å². The van der Waals surface area contributed by atoms with Gasteiger partial charge in [0.15, 0.2) is 0 Å². The van der Waals surface area contributed by atoms with Crippen LogP contribution in [0, 0.1) is 0 Å². The molecule has 0 fully saturated rings. The number of hydrogen-bond donors (Lipinski definition) is 1. The molecule has 0 heterocycles. The van der Waals surface area contributed by atoms with E-state index in [1.165, 1.54) is 5.57 Å². The van der Waals surface area contributed by atoms with Gasteiger partial charge >= 0.3 is 0 Å². The predicted molar refractivity (Wildman–Crippen MR) is 46.0 cm³/mol. The third-order valence-electron chi connectivity index (χ3n) is 1.61. The molecule has 10 heavy (non-hydrogen) atoms. The Labute approximate surface area is 63.7 Å². The maximum absolute atomic E-state index is 5.48. The van der Waals surface area contributed by atoms with Crippen molar-refractivity contribution in [3.05, 3.63) is 12.2 Å². The Balaban J connectivity index is 3.61. The first-order valence-corrected chi connectivity index (χ1v) is 3.62. The molecule has 0 aromatic heterocycles. The molecule has 0 aromatic rings. The van der Waals surface area contributed by atoms with E-state index in [0.29, 0.717) is 12.6 Å². The van der Waals surface area contributed by atoms with Crippen molar-refractivity contribution < 1.29 is 0 Å². The molecule has 0 aromatic carbocycles. The third kappa shape index (κ3) is 3.64. The second kappa shape index (κ2) is 4.47. The van der Waals surface area contributed by atoms with Crippen molar-refractivity contribution in [2.24, 2.45) is 5.73 Å². The molecule has 0 radical (unpaired) electrons. The normalized spacial score (nSPS) is 13.7. The van der Waals surface area contributed by atoms with Crippen LogP contribution in [-0.4, -0.2) is 31.1 Å². The highest BCUT2D eigenvalue weighted by atomic mass is 15.1. The van der Waals surface area contributed by atoms with Gasteiger partial charge in [-0.1, -0.05) is 12.2 Å². The van der Waals surface area contributed by atoms with Gasteiger partial charge in [-0.15, -0.1) is 0 Å². The van der Waals surface area contributed by atoms with E-state index >= 15 is 0 Å². The summed E-state index contributed by atoms with van der Waals surface area (Å²) in [6.07, 6.45) is 0. The van der Waals surface area contributed by atoms with Gasteiger partial charge < -0.3 is 5.73 Å². The summed E-state index contributed by atoms with van der Waals surface area (Å²) in [7, 11) is 2.06. The van der Waals surface area contributed by atoms with Crippen LogP contribution in [0.2, 0.25) is 0 Å². The summed E-state index contributed by atoms with van der Waals surface area (Å²) in [4.78, 5) is 2.20. The first-order valence-electron chi connectivity index (χ1n) is 3.62. The maximum Gasteiger partial charge on any atom is 0.0190 e. The third-order valence-corrected chi connectivity index (χ3v) is 1.61. The van der Waals surface area contributed by atoms with Gasteiger partial charge in [0.2, 0.25) is 0 Å². The van der Waals surface area contributed by atoms with E-state index in [4.69, 9.17) is 5.73 Å². The number of rotatable bonds is 4. The lowest BCUT2D eigenvalue weighted by atomic mass is 10.2. The molecular weight excluding hydrogens is 124 g/mol. The minimum absolute atomic E-state index is 0.455. The highest BCUT2D eigenvalue weighted by molar-refractivity contribution is 4.92. The van der Waals surface area contributed by atoms with Gasteiger partial charge in [-0.3, -0.25) is 4.90 Å². The summed E-state index contributed by atoms with van der Waals surface area (Å²) in [5.74, 6) is 0. The first kappa shape index (κ1) is 9.66. The zero-order valence-electron chi connectivity index (χ0n) is 7.22.